The molecule has 15 heavy (non-hydrogen) atoms. The highest BCUT2D eigenvalue weighted by molar-refractivity contribution is 5.49. The standard InChI is InChI=1S/C11H17NO3/c1-11(2,3)8-4-7(6-12-15)10(14)9(13)5-8/h4-5,12-15H,6H2,1-3H3. The summed E-state index contributed by atoms with van der Waals surface area (Å²) in [5, 5.41) is 27.6. The van der Waals surface area contributed by atoms with Crippen LogP contribution in [0.4, 0.5) is 0 Å². The first-order valence-corrected chi connectivity index (χ1v) is 4.78. The van der Waals surface area contributed by atoms with E-state index < -0.39 is 0 Å². The summed E-state index contributed by atoms with van der Waals surface area (Å²) < 4.78 is 0. The molecule has 0 spiro atoms. The van der Waals surface area contributed by atoms with Gasteiger partial charge in [-0.2, -0.15) is 0 Å². The van der Waals surface area contributed by atoms with E-state index in [1.165, 1.54) is 6.07 Å². The van der Waals surface area contributed by atoms with Crippen LogP contribution in [-0.2, 0) is 12.0 Å². The number of phenolic OH excluding ortho intramolecular Hbond substituents is 2. The molecule has 0 saturated carbocycles. The third-order valence-corrected chi connectivity index (χ3v) is 2.30. The molecule has 1 rings (SSSR count). The summed E-state index contributed by atoms with van der Waals surface area (Å²) in [6, 6.07) is 3.30. The van der Waals surface area contributed by atoms with Crippen molar-refractivity contribution in [3.05, 3.63) is 23.3 Å². The Morgan fingerprint density at radius 2 is 1.80 bits per heavy atom. The molecule has 4 N–H and O–H groups in total. The van der Waals surface area contributed by atoms with Gasteiger partial charge < -0.3 is 15.4 Å². The van der Waals surface area contributed by atoms with E-state index in [9.17, 15) is 10.2 Å². The van der Waals surface area contributed by atoms with E-state index in [0.717, 1.165) is 5.56 Å². The van der Waals surface area contributed by atoms with Gasteiger partial charge in [0, 0.05) is 12.1 Å². The number of rotatable bonds is 2. The average Bonchev–Trinajstić information content (AvgIpc) is 2.11. The van der Waals surface area contributed by atoms with Gasteiger partial charge in [0.25, 0.3) is 0 Å². The van der Waals surface area contributed by atoms with Crippen molar-refractivity contribution in [1.29, 1.82) is 0 Å². The lowest BCUT2D eigenvalue weighted by molar-refractivity contribution is 0.160. The lowest BCUT2D eigenvalue weighted by atomic mass is 9.86. The number of hydrogen-bond acceptors (Lipinski definition) is 4. The van der Waals surface area contributed by atoms with Gasteiger partial charge >= 0.3 is 0 Å². The minimum atomic E-state index is -0.190. The summed E-state index contributed by atoms with van der Waals surface area (Å²) in [4.78, 5) is 0. The molecule has 1 aromatic carbocycles. The molecule has 84 valence electrons. The van der Waals surface area contributed by atoms with Crippen LogP contribution in [-0.4, -0.2) is 15.4 Å². The molecule has 0 aromatic heterocycles. The van der Waals surface area contributed by atoms with E-state index in [4.69, 9.17) is 5.21 Å². The highest BCUT2D eigenvalue weighted by atomic mass is 16.5. The second-order valence-electron chi connectivity index (χ2n) is 4.59. The zero-order valence-corrected chi connectivity index (χ0v) is 9.20. The fourth-order valence-corrected chi connectivity index (χ4v) is 1.33. The molecule has 0 aliphatic rings. The zero-order valence-electron chi connectivity index (χ0n) is 9.20. The normalized spacial score (nSPS) is 11.7. The number of hydrogen-bond donors (Lipinski definition) is 4. The first kappa shape index (κ1) is 11.8. The molecule has 0 aliphatic carbocycles. The van der Waals surface area contributed by atoms with Gasteiger partial charge in [-0.15, -0.1) is 0 Å². The monoisotopic (exact) mass is 211 g/mol. The Hall–Kier alpha value is -1.26. The minimum Gasteiger partial charge on any atom is -0.504 e. The predicted molar refractivity (Wildman–Crippen MR) is 57.1 cm³/mol. The molecule has 0 heterocycles. The van der Waals surface area contributed by atoms with E-state index in [1.54, 1.807) is 6.07 Å². The largest absolute Gasteiger partial charge is 0.504 e. The molecular formula is C11H17NO3. The lowest BCUT2D eigenvalue weighted by Gasteiger charge is -2.21. The van der Waals surface area contributed by atoms with Crippen molar-refractivity contribution in [3.63, 3.8) is 0 Å². The summed E-state index contributed by atoms with van der Waals surface area (Å²) in [5.41, 5.74) is 3.22. The van der Waals surface area contributed by atoms with Crippen molar-refractivity contribution in [2.24, 2.45) is 0 Å². The van der Waals surface area contributed by atoms with Gasteiger partial charge in [-0.05, 0) is 23.1 Å². The zero-order chi connectivity index (χ0) is 11.6. The molecule has 0 atom stereocenters. The van der Waals surface area contributed by atoms with Gasteiger partial charge in [0.05, 0.1) is 0 Å². The fraction of sp³-hybridized carbons (Fsp3) is 0.455. The predicted octanol–water partition coefficient (Wildman–Crippen LogP) is 1.87. The van der Waals surface area contributed by atoms with Crippen molar-refractivity contribution < 1.29 is 15.4 Å². The molecule has 1 aromatic rings. The first-order chi connectivity index (χ1) is 6.86. The smallest absolute Gasteiger partial charge is 0.162 e. The van der Waals surface area contributed by atoms with Crippen LogP contribution < -0.4 is 5.48 Å². The maximum atomic E-state index is 9.52. The van der Waals surface area contributed by atoms with Crippen molar-refractivity contribution in [1.82, 2.24) is 5.48 Å². The lowest BCUT2D eigenvalue weighted by Crippen LogP contribution is -2.13. The summed E-state index contributed by atoms with van der Waals surface area (Å²) in [6.07, 6.45) is 0. The molecular weight excluding hydrogens is 194 g/mol. The van der Waals surface area contributed by atoms with Crippen LogP contribution in [0.2, 0.25) is 0 Å². The fourth-order valence-electron chi connectivity index (χ4n) is 1.33. The summed E-state index contributed by atoms with van der Waals surface area (Å²) in [5.74, 6) is -0.350. The summed E-state index contributed by atoms with van der Waals surface area (Å²) >= 11 is 0. The van der Waals surface area contributed by atoms with Gasteiger partial charge in [0.15, 0.2) is 11.5 Å². The SMILES string of the molecule is CC(C)(C)c1cc(O)c(O)c(CNO)c1. The van der Waals surface area contributed by atoms with Crippen molar-refractivity contribution >= 4 is 0 Å². The Balaban J connectivity index is 3.23. The summed E-state index contributed by atoms with van der Waals surface area (Å²) in [6.45, 7) is 6.13. The molecule has 0 radical (unpaired) electrons. The number of nitrogens with one attached hydrogen (secondary N) is 1. The van der Waals surface area contributed by atoms with Gasteiger partial charge in [0.2, 0.25) is 0 Å². The average molecular weight is 211 g/mol. The molecule has 0 saturated heterocycles. The van der Waals surface area contributed by atoms with Crippen LogP contribution in [0.3, 0.4) is 0 Å². The number of phenols is 2. The molecule has 0 unspecified atom stereocenters. The quantitative estimate of drug-likeness (QED) is 0.445. The molecule has 4 heteroatoms. The molecule has 0 bridgehead atoms. The van der Waals surface area contributed by atoms with E-state index in [0.29, 0.717) is 5.56 Å². The van der Waals surface area contributed by atoms with E-state index >= 15 is 0 Å². The Bertz CT molecular complexity index is 356. The number of hydroxylamine groups is 1. The van der Waals surface area contributed by atoms with E-state index in [2.05, 4.69) is 0 Å². The van der Waals surface area contributed by atoms with Gasteiger partial charge in [0.1, 0.15) is 0 Å². The number of benzene rings is 1. The Labute approximate surface area is 89.1 Å². The van der Waals surface area contributed by atoms with Crippen molar-refractivity contribution in [3.8, 4) is 11.5 Å². The summed E-state index contributed by atoms with van der Waals surface area (Å²) in [7, 11) is 0. The van der Waals surface area contributed by atoms with Crippen LogP contribution in [0.15, 0.2) is 12.1 Å². The molecule has 0 amide bonds. The van der Waals surface area contributed by atoms with Gasteiger partial charge in [-0.3, -0.25) is 0 Å². The Morgan fingerprint density at radius 1 is 1.20 bits per heavy atom. The molecule has 4 nitrogen and oxygen atoms in total. The van der Waals surface area contributed by atoms with Crippen LogP contribution in [0.5, 0.6) is 11.5 Å². The second kappa shape index (κ2) is 4.08. The van der Waals surface area contributed by atoms with E-state index in [1.807, 2.05) is 26.3 Å². The van der Waals surface area contributed by atoms with Crippen LogP contribution in [0.1, 0.15) is 31.9 Å². The molecule has 0 aliphatic heterocycles. The van der Waals surface area contributed by atoms with Crippen LogP contribution >= 0.6 is 0 Å². The second-order valence-corrected chi connectivity index (χ2v) is 4.59. The number of aromatic hydroxyl groups is 2. The van der Waals surface area contributed by atoms with Crippen molar-refractivity contribution in [2.45, 2.75) is 32.7 Å². The van der Waals surface area contributed by atoms with Gasteiger partial charge in [-0.25, -0.2) is 5.48 Å². The molecule has 0 fully saturated rings. The van der Waals surface area contributed by atoms with Crippen molar-refractivity contribution in [2.75, 3.05) is 0 Å². The topological polar surface area (TPSA) is 72.7 Å². The van der Waals surface area contributed by atoms with E-state index in [-0.39, 0.29) is 23.5 Å². The highest BCUT2D eigenvalue weighted by Crippen LogP contribution is 2.34. The highest BCUT2D eigenvalue weighted by Gasteiger charge is 2.18. The van der Waals surface area contributed by atoms with Crippen LogP contribution in [0.25, 0.3) is 0 Å². The van der Waals surface area contributed by atoms with Gasteiger partial charge in [-0.1, -0.05) is 20.8 Å². The maximum absolute atomic E-state index is 9.52. The van der Waals surface area contributed by atoms with Crippen LogP contribution in [0, 0.1) is 0 Å². The minimum absolute atomic E-state index is 0.101. The third kappa shape index (κ3) is 2.61. The maximum Gasteiger partial charge on any atom is 0.162 e. The third-order valence-electron chi connectivity index (χ3n) is 2.30. The Kier molecular flexibility index (Phi) is 3.21. The Morgan fingerprint density at radius 3 is 2.27 bits per heavy atom. The first-order valence-electron chi connectivity index (χ1n) is 4.78.